The predicted molar refractivity (Wildman–Crippen MR) is 118 cm³/mol. The summed E-state index contributed by atoms with van der Waals surface area (Å²) in [6.07, 6.45) is 0. The molecule has 0 unspecified atom stereocenters. The molecule has 0 heterocycles. The Morgan fingerprint density at radius 3 is 2.76 bits per heavy atom. The van der Waals surface area contributed by atoms with Crippen molar-refractivity contribution in [1.82, 2.24) is 10.6 Å². The van der Waals surface area contributed by atoms with Gasteiger partial charge in [0.2, 0.25) is 0 Å². The number of carbonyl (C=O) groups excluding carboxylic acids is 1. The molecule has 148 valence electrons. The van der Waals surface area contributed by atoms with Gasteiger partial charge in [-0.2, -0.15) is 17.0 Å². The summed E-state index contributed by atoms with van der Waals surface area (Å²) in [5.41, 5.74) is 2.23. The zero-order valence-corrected chi connectivity index (χ0v) is 16.9. The molecule has 0 spiro atoms. The number of nitrogens with one attached hydrogen (secondary N) is 2. The van der Waals surface area contributed by atoms with Gasteiger partial charge in [0.25, 0.3) is 0 Å². The maximum atomic E-state index is 12.0. The average Bonchev–Trinajstić information content (AvgIpc) is 2.76. The number of nitrogens with zero attached hydrogens (tertiary/aromatic N) is 1. The Labute approximate surface area is 175 Å². The first-order valence-electron chi connectivity index (χ1n) is 9.41. The molecular weight excluding hydrogens is 382 g/mol. The fourth-order valence-electron chi connectivity index (χ4n) is 2.94. The van der Waals surface area contributed by atoms with E-state index in [4.69, 9.17) is 10.00 Å². The minimum absolute atomic E-state index is 0.00775. The molecule has 3 rings (SSSR count). The average molecular weight is 406 g/mol. The molecule has 0 fully saturated rings. The number of nitriles is 1. The van der Waals surface area contributed by atoms with Crippen molar-refractivity contribution >= 4 is 28.6 Å². The van der Waals surface area contributed by atoms with Crippen molar-refractivity contribution in [2.45, 2.75) is 12.3 Å². The van der Waals surface area contributed by atoms with Crippen LogP contribution in [0.2, 0.25) is 0 Å². The summed E-state index contributed by atoms with van der Waals surface area (Å²) in [6.45, 7) is 1.01. The van der Waals surface area contributed by atoms with Crippen molar-refractivity contribution in [3.8, 4) is 11.8 Å². The van der Waals surface area contributed by atoms with E-state index in [9.17, 15) is 4.79 Å². The molecule has 0 aliphatic carbocycles. The summed E-state index contributed by atoms with van der Waals surface area (Å²) in [5, 5.41) is 16.8. The van der Waals surface area contributed by atoms with E-state index >= 15 is 0 Å². The van der Waals surface area contributed by atoms with E-state index in [2.05, 4.69) is 53.1 Å². The second-order valence-corrected chi connectivity index (χ2v) is 7.50. The SMILES string of the molecule is N#CCOc1cccc(CNC(=O)NCCSCc2cccc3ccccc23)c1. The van der Waals surface area contributed by atoms with Gasteiger partial charge in [-0.3, -0.25) is 0 Å². The number of amides is 2. The number of urea groups is 1. The van der Waals surface area contributed by atoms with Crippen LogP contribution in [0.3, 0.4) is 0 Å². The van der Waals surface area contributed by atoms with Gasteiger partial charge in [0, 0.05) is 24.6 Å². The maximum absolute atomic E-state index is 12.0. The molecule has 0 aliphatic rings. The van der Waals surface area contributed by atoms with Gasteiger partial charge in [0.05, 0.1) is 0 Å². The first kappa shape index (κ1) is 20.6. The first-order chi connectivity index (χ1) is 14.3. The maximum Gasteiger partial charge on any atom is 0.315 e. The Bertz CT molecular complexity index is 995. The molecule has 2 N–H and O–H groups in total. The lowest BCUT2D eigenvalue weighted by Crippen LogP contribution is -2.36. The minimum Gasteiger partial charge on any atom is -0.479 e. The molecule has 5 nitrogen and oxygen atoms in total. The molecule has 0 bridgehead atoms. The van der Waals surface area contributed by atoms with Gasteiger partial charge < -0.3 is 15.4 Å². The Morgan fingerprint density at radius 2 is 1.86 bits per heavy atom. The van der Waals surface area contributed by atoms with Gasteiger partial charge in [-0.25, -0.2) is 4.79 Å². The molecule has 0 aliphatic heterocycles. The summed E-state index contributed by atoms with van der Waals surface area (Å²) in [5.74, 6) is 2.38. The third-order valence-corrected chi connectivity index (χ3v) is 5.33. The Hall–Kier alpha value is -3.17. The highest BCUT2D eigenvalue weighted by molar-refractivity contribution is 7.98. The number of benzene rings is 3. The van der Waals surface area contributed by atoms with Crippen LogP contribution in [0.25, 0.3) is 10.8 Å². The van der Waals surface area contributed by atoms with Crippen LogP contribution in [0.5, 0.6) is 5.75 Å². The molecule has 0 aromatic heterocycles. The summed E-state index contributed by atoms with van der Waals surface area (Å²) in [4.78, 5) is 12.0. The largest absolute Gasteiger partial charge is 0.479 e. The van der Waals surface area contributed by atoms with Gasteiger partial charge in [-0.1, -0.05) is 54.6 Å². The van der Waals surface area contributed by atoms with E-state index in [1.54, 1.807) is 17.8 Å². The van der Waals surface area contributed by atoms with Crippen LogP contribution < -0.4 is 15.4 Å². The fraction of sp³-hybridized carbons (Fsp3) is 0.217. The van der Waals surface area contributed by atoms with Crippen LogP contribution in [0.4, 0.5) is 4.79 Å². The highest BCUT2D eigenvalue weighted by atomic mass is 32.2. The lowest BCUT2D eigenvalue weighted by atomic mass is 10.1. The van der Waals surface area contributed by atoms with Crippen LogP contribution in [0.15, 0.2) is 66.7 Å². The van der Waals surface area contributed by atoms with Crippen molar-refractivity contribution < 1.29 is 9.53 Å². The van der Waals surface area contributed by atoms with Crippen molar-refractivity contribution in [2.24, 2.45) is 0 Å². The van der Waals surface area contributed by atoms with E-state index < -0.39 is 0 Å². The fourth-order valence-corrected chi connectivity index (χ4v) is 3.81. The second kappa shape index (κ2) is 11.0. The minimum atomic E-state index is -0.195. The smallest absolute Gasteiger partial charge is 0.315 e. The molecule has 0 saturated carbocycles. The molecule has 29 heavy (non-hydrogen) atoms. The third-order valence-electron chi connectivity index (χ3n) is 4.32. The number of thioether (sulfide) groups is 1. The van der Waals surface area contributed by atoms with Gasteiger partial charge in [-0.05, 0) is 34.0 Å². The number of hydrogen-bond acceptors (Lipinski definition) is 4. The van der Waals surface area contributed by atoms with Gasteiger partial charge >= 0.3 is 6.03 Å². The van der Waals surface area contributed by atoms with E-state index in [-0.39, 0.29) is 12.6 Å². The van der Waals surface area contributed by atoms with Crippen LogP contribution in [-0.4, -0.2) is 24.9 Å². The molecule has 3 aromatic rings. The highest BCUT2D eigenvalue weighted by Gasteiger charge is 2.03. The zero-order chi connectivity index (χ0) is 20.3. The molecule has 2 amide bonds. The normalized spacial score (nSPS) is 10.3. The Morgan fingerprint density at radius 1 is 1.03 bits per heavy atom. The molecule has 3 aromatic carbocycles. The molecule has 0 radical (unpaired) electrons. The van der Waals surface area contributed by atoms with Crippen molar-refractivity contribution in [2.75, 3.05) is 18.9 Å². The predicted octanol–water partition coefficient (Wildman–Crippen LogP) is 4.47. The van der Waals surface area contributed by atoms with E-state index in [1.807, 2.05) is 24.3 Å². The first-order valence-corrected chi connectivity index (χ1v) is 10.6. The highest BCUT2D eigenvalue weighted by Crippen LogP contribution is 2.22. The second-order valence-electron chi connectivity index (χ2n) is 6.39. The summed E-state index contributed by atoms with van der Waals surface area (Å²) >= 11 is 1.80. The molecule has 0 atom stereocenters. The number of fused-ring (bicyclic) bond motifs is 1. The lowest BCUT2D eigenvalue weighted by Gasteiger charge is -2.09. The topological polar surface area (TPSA) is 74.1 Å². The van der Waals surface area contributed by atoms with Crippen LogP contribution in [0, 0.1) is 11.3 Å². The van der Waals surface area contributed by atoms with Crippen LogP contribution in [-0.2, 0) is 12.3 Å². The van der Waals surface area contributed by atoms with Crippen molar-refractivity contribution in [1.29, 1.82) is 5.26 Å². The molecule has 6 heteroatoms. The molecular formula is C23H23N3O2S. The zero-order valence-electron chi connectivity index (χ0n) is 16.1. The number of hydrogen-bond donors (Lipinski definition) is 2. The molecule has 0 saturated heterocycles. The lowest BCUT2D eigenvalue weighted by molar-refractivity contribution is 0.241. The standard InChI is InChI=1S/C23H23N3O2S/c24-11-13-28-21-9-3-5-18(15-21)16-26-23(27)25-12-14-29-17-20-8-4-7-19-6-1-2-10-22(19)20/h1-10,15H,12-14,16-17H2,(H2,25,26,27). The Kier molecular flexibility index (Phi) is 7.79. The van der Waals surface area contributed by atoms with E-state index in [0.717, 1.165) is 17.1 Å². The quantitative estimate of drug-likeness (QED) is 0.515. The summed E-state index contributed by atoms with van der Waals surface area (Å²) in [7, 11) is 0. The van der Waals surface area contributed by atoms with Crippen molar-refractivity contribution in [3.63, 3.8) is 0 Å². The van der Waals surface area contributed by atoms with Crippen LogP contribution >= 0.6 is 11.8 Å². The van der Waals surface area contributed by atoms with E-state index in [1.165, 1.54) is 16.3 Å². The van der Waals surface area contributed by atoms with E-state index in [0.29, 0.717) is 18.8 Å². The Balaban J connectivity index is 1.35. The van der Waals surface area contributed by atoms with Crippen LogP contribution in [0.1, 0.15) is 11.1 Å². The number of rotatable bonds is 9. The third kappa shape index (κ3) is 6.44. The van der Waals surface area contributed by atoms with Gasteiger partial charge in [0.15, 0.2) is 6.61 Å². The monoisotopic (exact) mass is 405 g/mol. The van der Waals surface area contributed by atoms with Gasteiger partial charge in [0.1, 0.15) is 11.8 Å². The number of carbonyl (C=O) groups is 1. The summed E-state index contributed by atoms with van der Waals surface area (Å²) < 4.78 is 5.27. The van der Waals surface area contributed by atoms with Crippen molar-refractivity contribution in [3.05, 3.63) is 77.9 Å². The van der Waals surface area contributed by atoms with Gasteiger partial charge in [-0.15, -0.1) is 0 Å². The number of ether oxygens (including phenoxy) is 1. The summed E-state index contributed by atoms with van der Waals surface area (Å²) in [6, 6.07) is 23.8.